The molecule has 4 aliphatic carbocycles. The first kappa shape index (κ1) is 31.9. The van der Waals surface area contributed by atoms with E-state index in [1.807, 2.05) is 13.8 Å². The minimum absolute atomic E-state index is 0.0617. The Bertz CT molecular complexity index is 1070. The van der Waals surface area contributed by atoms with Crippen LogP contribution in [-0.4, -0.2) is 47.9 Å². The molecule has 1 saturated heterocycles. The van der Waals surface area contributed by atoms with Crippen LogP contribution >= 0.6 is 0 Å². The van der Waals surface area contributed by atoms with Gasteiger partial charge in [0, 0.05) is 26.2 Å². The van der Waals surface area contributed by atoms with Crippen molar-refractivity contribution in [2.75, 3.05) is 0 Å². The Balaban J connectivity index is 1.39. The number of hydrogen-bond donors (Lipinski definition) is 0. The highest BCUT2D eigenvalue weighted by Crippen LogP contribution is 2.68. The normalized spacial score (nSPS) is 45.9. The summed E-state index contributed by atoms with van der Waals surface area (Å²) >= 11 is 0. The van der Waals surface area contributed by atoms with Crippen molar-refractivity contribution >= 4 is 17.7 Å². The van der Waals surface area contributed by atoms with Gasteiger partial charge in [-0.1, -0.05) is 41.5 Å². The molecule has 1 heterocycles. The molecule has 0 N–H and O–H groups in total. The second kappa shape index (κ2) is 11.2. The smallest absolute Gasteiger partial charge is 0.303 e. The Labute approximate surface area is 253 Å². The first-order valence-electron chi connectivity index (χ1n) is 16.7. The van der Waals surface area contributed by atoms with E-state index in [1.165, 1.54) is 13.8 Å². The lowest BCUT2D eigenvalue weighted by atomic mass is 9.43. The quantitative estimate of drug-likeness (QED) is 0.317. The van der Waals surface area contributed by atoms with E-state index in [-0.39, 0.29) is 34.9 Å². The maximum absolute atomic E-state index is 13.9. The number of rotatable bonds is 6. The minimum Gasteiger partial charge on any atom is -0.459 e. The molecule has 1 aliphatic heterocycles. The van der Waals surface area contributed by atoms with Gasteiger partial charge < -0.3 is 18.9 Å². The van der Waals surface area contributed by atoms with Gasteiger partial charge in [0.1, 0.15) is 18.0 Å². The van der Waals surface area contributed by atoms with E-state index in [1.54, 1.807) is 0 Å². The maximum Gasteiger partial charge on any atom is 0.303 e. The third-order valence-corrected chi connectivity index (χ3v) is 13.0. The summed E-state index contributed by atoms with van der Waals surface area (Å²) in [6.45, 7) is 20.9. The highest BCUT2D eigenvalue weighted by Gasteiger charge is 2.65. The van der Waals surface area contributed by atoms with Crippen molar-refractivity contribution in [3.05, 3.63) is 0 Å². The van der Waals surface area contributed by atoms with Gasteiger partial charge in [0.05, 0.1) is 12.2 Å². The average Bonchev–Trinajstić information content (AvgIpc) is 3.39. The van der Waals surface area contributed by atoms with Crippen LogP contribution in [0.15, 0.2) is 0 Å². The molecule has 7 heteroatoms. The lowest BCUT2D eigenvalue weighted by molar-refractivity contribution is -0.196. The highest BCUT2D eigenvalue weighted by atomic mass is 16.8. The molecule has 13 atom stereocenters. The monoisotopic (exact) mass is 588 g/mol. The summed E-state index contributed by atoms with van der Waals surface area (Å²) in [5.74, 6) is 1.80. The SMILES string of the molecule is CC(=O)O[C@H]1C[C@@H]2C(=O)C[C@@H]3[C@H](CC[C@]4(C)[C@@H]([C@H](C)[C@H]5OC(C)(C)O[C@@H]5[C@H](C)C(C)C)CC[C@@H]34)[C@@]2(C)C[C@H]1OC(C)=O. The molecule has 0 amide bonds. The molecule has 0 unspecified atom stereocenters. The molecule has 238 valence electrons. The lowest BCUT2D eigenvalue weighted by Crippen LogP contribution is -2.60. The third-order valence-electron chi connectivity index (χ3n) is 13.0. The van der Waals surface area contributed by atoms with Crippen LogP contribution in [0.4, 0.5) is 0 Å². The fourth-order valence-electron chi connectivity index (χ4n) is 10.8. The van der Waals surface area contributed by atoms with Crippen molar-refractivity contribution < 1.29 is 33.3 Å². The van der Waals surface area contributed by atoms with Gasteiger partial charge in [-0.25, -0.2) is 0 Å². The molecule has 5 rings (SSSR count). The number of carbonyl (C=O) groups excluding carboxylic acids is 3. The standard InChI is InChI=1S/C35H56O7/c1-18(2)19(3)31-32(42-33(7,8)41-31)20(4)24-11-12-25-23-15-28(38)27-16-29(39-21(5)36)30(40-22(6)37)17-35(27,10)26(23)13-14-34(24,25)9/h18-20,23-27,29-32H,11-17H2,1-10H3/t19-,20+,23+,24-,25+,26+,27-,29+,30-,31-,32-,34-,35-/m1/s1. The molecule has 7 nitrogen and oxygen atoms in total. The van der Waals surface area contributed by atoms with E-state index in [0.717, 1.165) is 25.7 Å². The van der Waals surface area contributed by atoms with Gasteiger partial charge in [-0.05, 0) is 105 Å². The second-order valence-corrected chi connectivity index (χ2v) is 16.1. The van der Waals surface area contributed by atoms with Gasteiger partial charge in [0.2, 0.25) is 0 Å². The molecular weight excluding hydrogens is 532 g/mol. The molecule has 42 heavy (non-hydrogen) atoms. The molecule has 0 radical (unpaired) electrons. The first-order chi connectivity index (χ1) is 19.5. The van der Waals surface area contributed by atoms with Crippen molar-refractivity contribution in [2.24, 2.45) is 58.2 Å². The molecule has 5 aliphatic rings. The zero-order chi connectivity index (χ0) is 30.9. The van der Waals surface area contributed by atoms with E-state index in [0.29, 0.717) is 66.5 Å². The largest absolute Gasteiger partial charge is 0.459 e. The predicted octanol–water partition coefficient (Wildman–Crippen LogP) is 6.75. The van der Waals surface area contributed by atoms with Crippen LogP contribution in [0.2, 0.25) is 0 Å². The summed E-state index contributed by atoms with van der Waals surface area (Å²) in [5, 5.41) is 0. The number of Topliss-reactive ketones (excluding diaryl/α,β-unsaturated/α-hetero) is 1. The maximum atomic E-state index is 13.9. The summed E-state index contributed by atoms with van der Waals surface area (Å²) in [7, 11) is 0. The van der Waals surface area contributed by atoms with Gasteiger partial charge >= 0.3 is 11.9 Å². The van der Waals surface area contributed by atoms with Crippen molar-refractivity contribution in [1.29, 1.82) is 0 Å². The van der Waals surface area contributed by atoms with E-state index in [9.17, 15) is 14.4 Å². The highest BCUT2D eigenvalue weighted by molar-refractivity contribution is 5.83. The first-order valence-corrected chi connectivity index (χ1v) is 16.7. The van der Waals surface area contributed by atoms with E-state index in [4.69, 9.17) is 18.9 Å². The topological polar surface area (TPSA) is 88.1 Å². The van der Waals surface area contributed by atoms with Crippen LogP contribution in [0.25, 0.3) is 0 Å². The third kappa shape index (κ3) is 5.37. The molecular formula is C35H56O7. The minimum atomic E-state index is -0.577. The van der Waals surface area contributed by atoms with E-state index < -0.39 is 24.0 Å². The molecule has 0 bridgehead atoms. The fraction of sp³-hybridized carbons (Fsp3) is 0.914. The Morgan fingerprint density at radius 1 is 0.833 bits per heavy atom. The van der Waals surface area contributed by atoms with Gasteiger partial charge in [-0.15, -0.1) is 0 Å². The van der Waals surface area contributed by atoms with Crippen molar-refractivity contribution in [3.8, 4) is 0 Å². The van der Waals surface area contributed by atoms with E-state index in [2.05, 4.69) is 41.5 Å². The fourth-order valence-corrected chi connectivity index (χ4v) is 10.8. The van der Waals surface area contributed by atoms with Crippen LogP contribution in [0.3, 0.4) is 0 Å². The Morgan fingerprint density at radius 2 is 1.43 bits per heavy atom. The number of ketones is 1. The summed E-state index contributed by atoms with van der Waals surface area (Å²) in [4.78, 5) is 37.9. The van der Waals surface area contributed by atoms with Crippen LogP contribution in [0, 0.1) is 58.2 Å². The number of carbonyl (C=O) groups is 3. The molecule has 0 aromatic rings. The summed E-state index contributed by atoms with van der Waals surface area (Å²) in [6, 6.07) is 0. The summed E-state index contributed by atoms with van der Waals surface area (Å²) < 4.78 is 24.6. The predicted molar refractivity (Wildman–Crippen MR) is 159 cm³/mol. The van der Waals surface area contributed by atoms with E-state index >= 15 is 0 Å². The van der Waals surface area contributed by atoms with Gasteiger partial charge in [-0.2, -0.15) is 0 Å². The van der Waals surface area contributed by atoms with Gasteiger partial charge in [0.25, 0.3) is 0 Å². The number of fused-ring (bicyclic) bond motifs is 5. The molecule has 0 spiro atoms. The van der Waals surface area contributed by atoms with Crippen molar-refractivity contribution in [2.45, 2.75) is 144 Å². The zero-order valence-corrected chi connectivity index (χ0v) is 27.7. The van der Waals surface area contributed by atoms with Gasteiger partial charge in [0.15, 0.2) is 5.79 Å². The second-order valence-electron chi connectivity index (χ2n) is 16.1. The number of hydrogen-bond acceptors (Lipinski definition) is 7. The Kier molecular flexibility index (Phi) is 8.48. The summed E-state index contributed by atoms with van der Waals surface area (Å²) in [6.07, 6.45) is 5.22. The van der Waals surface area contributed by atoms with Crippen LogP contribution in [-0.2, 0) is 33.3 Å². The summed E-state index contributed by atoms with van der Waals surface area (Å²) in [5.41, 5.74) is -0.123. The van der Waals surface area contributed by atoms with Crippen LogP contribution in [0.5, 0.6) is 0 Å². The molecule has 0 aromatic carbocycles. The lowest BCUT2D eigenvalue weighted by Gasteiger charge is -2.61. The Morgan fingerprint density at radius 3 is 2.05 bits per heavy atom. The van der Waals surface area contributed by atoms with Gasteiger partial charge in [-0.3, -0.25) is 14.4 Å². The number of ether oxygens (including phenoxy) is 4. The molecule has 4 saturated carbocycles. The van der Waals surface area contributed by atoms with Crippen molar-refractivity contribution in [1.82, 2.24) is 0 Å². The number of esters is 2. The average molecular weight is 589 g/mol. The van der Waals surface area contributed by atoms with Crippen LogP contribution < -0.4 is 0 Å². The van der Waals surface area contributed by atoms with Crippen molar-refractivity contribution in [3.63, 3.8) is 0 Å². The Hall–Kier alpha value is -1.47. The molecule has 5 fully saturated rings. The van der Waals surface area contributed by atoms with Crippen LogP contribution in [0.1, 0.15) is 114 Å². The zero-order valence-electron chi connectivity index (χ0n) is 27.7. The molecule has 0 aromatic heterocycles.